The van der Waals surface area contributed by atoms with Crippen molar-refractivity contribution in [1.29, 1.82) is 0 Å². The lowest BCUT2D eigenvalue weighted by molar-refractivity contribution is -0.120. The fourth-order valence-corrected chi connectivity index (χ4v) is 5.03. The number of piperidine rings is 1. The number of halogens is 2. The lowest BCUT2D eigenvalue weighted by atomic mass is 9.97. The molecule has 0 unspecified atom stereocenters. The van der Waals surface area contributed by atoms with Gasteiger partial charge in [-0.05, 0) is 49.2 Å². The second-order valence-corrected chi connectivity index (χ2v) is 9.42. The van der Waals surface area contributed by atoms with Gasteiger partial charge in [0.05, 0.1) is 22.2 Å². The number of carbonyl (C=O) groups excluding carboxylic acids is 1. The Morgan fingerprint density at radius 2 is 1.84 bits per heavy atom. The van der Waals surface area contributed by atoms with Gasteiger partial charge in [-0.15, -0.1) is 0 Å². The van der Waals surface area contributed by atoms with E-state index in [4.69, 9.17) is 21.1 Å². The molecule has 1 fully saturated rings. The van der Waals surface area contributed by atoms with Crippen molar-refractivity contribution in [2.45, 2.75) is 17.7 Å². The van der Waals surface area contributed by atoms with E-state index in [0.717, 1.165) is 12.1 Å². The van der Waals surface area contributed by atoms with Crippen LogP contribution in [0, 0.1) is 11.7 Å². The van der Waals surface area contributed by atoms with E-state index in [9.17, 15) is 17.6 Å². The molecule has 0 aromatic heterocycles. The zero-order valence-corrected chi connectivity index (χ0v) is 18.6. The van der Waals surface area contributed by atoms with Gasteiger partial charge in [-0.25, -0.2) is 12.8 Å². The molecular formula is C21H24ClFN2O5S. The number of nitrogens with one attached hydrogen (secondary N) is 1. The van der Waals surface area contributed by atoms with Crippen LogP contribution < -0.4 is 10.1 Å². The normalized spacial score (nSPS) is 15.6. The van der Waals surface area contributed by atoms with Crippen molar-refractivity contribution in [3.63, 3.8) is 0 Å². The average Bonchev–Trinajstić information content (AvgIpc) is 2.76. The number of sulfonamides is 1. The molecule has 0 bridgehead atoms. The number of carbonyl (C=O) groups is 1. The van der Waals surface area contributed by atoms with Crippen molar-refractivity contribution in [2.75, 3.05) is 38.7 Å². The van der Waals surface area contributed by atoms with Gasteiger partial charge in [0.25, 0.3) is 0 Å². The Morgan fingerprint density at radius 3 is 2.48 bits per heavy atom. The number of amides is 1. The number of para-hydroxylation sites is 1. The highest BCUT2D eigenvalue weighted by molar-refractivity contribution is 7.89. The van der Waals surface area contributed by atoms with E-state index >= 15 is 0 Å². The Kier molecular flexibility index (Phi) is 7.88. The molecule has 0 saturated carbocycles. The highest BCUT2D eigenvalue weighted by Gasteiger charge is 2.32. The Hall–Kier alpha value is -2.20. The summed E-state index contributed by atoms with van der Waals surface area (Å²) in [7, 11) is -2.17. The molecule has 1 heterocycles. The molecule has 1 saturated heterocycles. The number of methoxy groups -OCH3 is 1. The molecule has 0 atom stereocenters. The minimum atomic E-state index is -3.73. The number of rotatable bonds is 8. The summed E-state index contributed by atoms with van der Waals surface area (Å²) in [6.07, 6.45) is 0.735. The molecule has 1 aliphatic heterocycles. The largest absolute Gasteiger partial charge is 0.487 e. The van der Waals surface area contributed by atoms with Crippen LogP contribution >= 0.6 is 11.6 Å². The van der Waals surface area contributed by atoms with Gasteiger partial charge in [-0.2, -0.15) is 4.31 Å². The van der Waals surface area contributed by atoms with E-state index < -0.39 is 15.8 Å². The van der Waals surface area contributed by atoms with Crippen molar-refractivity contribution in [2.24, 2.45) is 5.92 Å². The summed E-state index contributed by atoms with van der Waals surface area (Å²) in [6, 6.07) is 9.79. The summed E-state index contributed by atoms with van der Waals surface area (Å²) in [4.78, 5) is 12.8. The van der Waals surface area contributed by atoms with Gasteiger partial charge < -0.3 is 14.8 Å². The number of benzene rings is 2. The van der Waals surface area contributed by atoms with Gasteiger partial charge in [-0.3, -0.25) is 4.79 Å². The van der Waals surface area contributed by atoms with Crippen molar-refractivity contribution in [3.05, 3.63) is 53.3 Å². The van der Waals surface area contributed by atoms with Crippen LogP contribution in [0.4, 0.5) is 10.1 Å². The SMILES string of the molecule is COCCOc1c(Cl)cccc1NC(=O)C1CCN(S(=O)(=O)c2ccc(F)cc2)CC1. The maximum Gasteiger partial charge on any atom is 0.243 e. The average molecular weight is 471 g/mol. The first-order valence-corrected chi connectivity index (χ1v) is 11.6. The topological polar surface area (TPSA) is 84.9 Å². The number of nitrogens with zero attached hydrogens (tertiary/aromatic N) is 1. The molecule has 0 aliphatic carbocycles. The molecule has 1 amide bonds. The zero-order chi connectivity index (χ0) is 22.4. The second-order valence-electron chi connectivity index (χ2n) is 7.08. The molecule has 2 aromatic carbocycles. The van der Waals surface area contributed by atoms with Gasteiger partial charge in [0.1, 0.15) is 12.4 Å². The Morgan fingerprint density at radius 1 is 1.16 bits per heavy atom. The number of hydrogen-bond donors (Lipinski definition) is 1. The van der Waals surface area contributed by atoms with Gasteiger partial charge in [-0.1, -0.05) is 17.7 Å². The first kappa shape index (κ1) is 23.5. The number of anilines is 1. The third-order valence-electron chi connectivity index (χ3n) is 5.03. The maximum absolute atomic E-state index is 13.1. The van der Waals surface area contributed by atoms with Crippen LogP contribution in [0.2, 0.25) is 5.02 Å². The van der Waals surface area contributed by atoms with E-state index in [1.54, 1.807) is 25.3 Å². The second kappa shape index (κ2) is 10.4. The van der Waals surface area contributed by atoms with E-state index in [0.29, 0.717) is 35.9 Å². The fourth-order valence-electron chi connectivity index (χ4n) is 3.33. The molecule has 1 aliphatic rings. The molecule has 0 radical (unpaired) electrons. The summed E-state index contributed by atoms with van der Waals surface area (Å²) in [5.41, 5.74) is 0.454. The summed E-state index contributed by atoms with van der Waals surface area (Å²) in [6.45, 7) is 1.05. The standard InChI is InChI=1S/C21H24ClFN2O5S/c1-29-13-14-30-20-18(22)3-2-4-19(20)24-21(26)15-9-11-25(12-10-15)31(27,28)17-7-5-16(23)6-8-17/h2-8,15H,9-14H2,1H3,(H,24,26). The van der Waals surface area contributed by atoms with Gasteiger partial charge in [0.15, 0.2) is 5.75 Å². The van der Waals surface area contributed by atoms with Crippen molar-refractivity contribution < 1.29 is 27.1 Å². The first-order valence-electron chi connectivity index (χ1n) is 9.79. The van der Waals surface area contributed by atoms with Gasteiger partial charge >= 0.3 is 0 Å². The van der Waals surface area contributed by atoms with Crippen LogP contribution in [0.1, 0.15) is 12.8 Å². The highest BCUT2D eigenvalue weighted by Crippen LogP contribution is 2.34. The van der Waals surface area contributed by atoms with Crippen LogP contribution in [-0.4, -0.2) is 52.0 Å². The van der Waals surface area contributed by atoms with E-state index in [1.807, 2.05) is 0 Å². The molecule has 0 spiro atoms. The minimum absolute atomic E-state index is 0.0357. The quantitative estimate of drug-likeness (QED) is 0.596. The zero-order valence-electron chi connectivity index (χ0n) is 17.0. The van der Waals surface area contributed by atoms with Crippen LogP contribution in [-0.2, 0) is 19.6 Å². The van der Waals surface area contributed by atoms with Crippen LogP contribution in [0.25, 0.3) is 0 Å². The summed E-state index contributed by atoms with van der Waals surface area (Å²) >= 11 is 6.20. The smallest absolute Gasteiger partial charge is 0.243 e. The van der Waals surface area contributed by atoms with E-state index in [1.165, 1.54) is 16.4 Å². The minimum Gasteiger partial charge on any atom is -0.487 e. The molecule has 3 rings (SSSR count). The van der Waals surface area contributed by atoms with Crippen molar-refractivity contribution >= 4 is 33.2 Å². The predicted molar refractivity (Wildman–Crippen MR) is 115 cm³/mol. The molecule has 168 valence electrons. The maximum atomic E-state index is 13.1. The lowest BCUT2D eigenvalue weighted by Crippen LogP contribution is -2.41. The lowest BCUT2D eigenvalue weighted by Gasteiger charge is -2.30. The molecule has 7 nitrogen and oxygen atoms in total. The summed E-state index contributed by atoms with van der Waals surface area (Å²) < 4.78 is 50.5. The molecule has 2 aromatic rings. The van der Waals surface area contributed by atoms with Crippen LogP contribution in [0.15, 0.2) is 47.4 Å². The molecule has 31 heavy (non-hydrogen) atoms. The van der Waals surface area contributed by atoms with E-state index in [-0.39, 0.29) is 36.4 Å². The number of hydrogen-bond acceptors (Lipinski definition) is 5. The molecule has 1 N–H and O–H groups in total. The van der Waals surface area contributed by atoms with Crippen LogP contribution in [0.3, 0.4) is 0 Å². The fraction of sp³-hybridized carbons (Fsp3) is 0.381. The third kappa shape index (κ3) is 5.74. The Balaban J connectivity index is 1.62. The molecule has 10 heteroatoms. The summed E-state index contributed by atoms with van der Waals surface area (Å²) in [5.74, 6) is -0.713. The van der Waals surface area contributed by atoms with Gasteiger partial charge in [0, 0.05) is 26.1 Å². The Bertz CT molecular complexity index is 1010. The van der Waals surface area contributed by atoms with Crippen LogP contribution in [0.5, 0.6) is 5.75 Å². The number of ether oxygens (including phenoxy) is 2. The van der Waals surface area contributed by atoms with E-state index in [2.05, 4.69) is 5.32 Å². The van der Waals surface area contributed by atoms with Crippen molar-refractivity contribution in [1.82, 2.24) is 4.31 Å². The first-order chi connectivity index (χ1) is 14.8. The highest BCUT2D eigenvalue weighted by atomic mass is 35.5. The predicted octanol–water partition coefficient (Wildman–Crippen LogP) is 3.54. The Labute approximate surface area is 186 Å². The monoisotopic (exact) mass is 470 g/mol. The summed E-state index contributed by atoms with van der Waals surface area (Å²) in [5, 5.41) is 3.21. The van der Waals surface area contributed by atoms with Crippen molar-refractivity contribution in [3.8, 4) is 5.75 Å². The third-order valence-corrected chi connectivity index (χ3v) is 7.25. The molecular weight excluding hydrogens is 447 g/mol. The van der Waals surface area contributed by atoms with Gasteiger partial charge in [0.2, 0.25) is 15.9 Å².